The molecule has 0 unspecified atom stereocenters. The lowest BCUT2D eigenvalue weighted by atomic mass is 10.2. The van der Waals surface area contributed by atoms with Crippen LogP contribution in [0.25, 0.3) is 0 Å². The van der Waals surface area contributed by atoms with E-state index in [4.69, 9.17) is 11.2 Å². The SMILES string of the molecule is C#CCNC(=O)COC(=O)c1ccccc1NC. The van der Waals surface area contributed by atoms with E-state index in [9.17, 15) is 9.59 Å². The maximum absolute atomic E-state index is 11.7. The number of amides is 1. The first-order valence-electron chi connectivity index (χ1n) is 5.33. The third-order valence-corrected chi connectivity index (χ3v) is 2.14. The predicted octanol–water partition coefficient (Wildman–Crippen LogP) is 0.634. The lowest BCUT2D eigenvalue weighted by molar-refractivity contribution is -0.123. The number of anilines is 1. The number of benzene rings is 1. The van der Waals surface area contributed by atoms with E-state index >= 15 is 0 Å². The van der Waals surface area contributed by atoms with Crippen LogP contribution in [-0.2, 0) is 9.53 Å². The van der Waals surface area contributed by atoms with Crippen molar-refractivity contribution in [3.63, 3.8) is 0 Å². The summed E-state index contributed by atoms with van der Waals surface area (Å²) in [6.45, 7) is -0.234. The van der Waals surface area contributed by atoms with Gasteiger partial charge in [-0.1, -0.05) is 18.1 Å². The molecule has 0 heterocycles. The van der Waals surface area contributed by atoms with Crippen LogP contribution in [0.1, 0.15) is 10.4 Å². The Kier molecular flexibility index (Phi) is 5.26. The maximum Gasteiger partial charge on any atom is 0.340 e. The highest BCUT2D eigenvalue weighted by Crippen LogP contribution is 2.14. The summed E-state index contributed by atoms with van der Waals surface area (Å²) < 4.78 is 4.87. The monoisotopic (exact) mass is 246 g/mol. The van der Waals surface area contributed by atoms with Gasteiger partial charge in [-0.25, -0.2) is 4.79 Å². The number of carbonyl (C=O) groups excluding carboxylic acids is 2. The van der Waals surface area contributed by atoms with Crippen molar-refractivity contribution in [2.45, 2.75) is 0 Å². The van der Waals surface area contributed by atoms with Gasteiger partial charge < -0.3 is 15.4 Å². The van der Waals surface area contributed by atoms with E-state index in [0.717, 1.165) is 0 Å². The highest BCUT2D eigenvalue weighted by Gasteiger charge is 2.12. The van der Waals surface area contributed by atoms with Crippen LogP contribution in [-0.4, -0.2) is 32.1 Å². The number of nitrogens with one attached hydrogen (secondary N) is 2. The van der Waals surface area contributed by atoms with Crippen LogP contribution in [0, 0.1) is 12.3 Å². The maximum atomic E-state index is 11.7. The Morgan fingerprint density at radius 1 is 1.39 bits per heavy atom. The highest BCUT2D eigenvalue weighted by molar-refractivity contribution is 5.96. The van der Waals surface area contributed by atoms with Gasteiger partial charge in [0.2, 0.25) is 0 Å². The fourth-order valence-electron chi connectivity index (χ4n) is 1.29. The average Bonchev–Trinajstić information content (AvgIpc) is 2.42. The summed E-state index contributed by atoms with van der Waals surface area (Å²) in [6, 6.07) is 6.88. The van der Waals surface area contributed by atoms with Crippen molar-refractivity contribution in [1.82, 2.24) is 5.32 Å². The molecule has 0 aromatic heterocycles. The normalized spacial score (nSPS) is 9.11. The fraction of sp³-hybridized carbons (Fsp3) is 0.231. The molecule has 94 valence electrons. The molecule has 0 fully saturated rings. The number of carbonyl (C=O) groups is 2. The summed E-state index contributed by atoms with van der Waals surface area (Å²) in [6.07, 6.45) is 4.98. The van der Waals surface area contributed by atoms with Gasteiger partial charge in [0.15, 0.2) is 6.61 Å². The molecule has 0 saturated heterocycles. The zero-order valence-corrected chi connectivity index (χ0v) is 10.0. The minimum Gasteiger partial charge on any atom is -0.452 e. The molecule has 0 radical (unpaired) electrons. The summed E-state index contributed by atoms with van der Waals surface area (Å²) in [7, 11) is 1.70. The summed E-state index contributed by atoms with van der Waals surface area (Å²) in [5.41, 5.74) is 1.02. The van der Waals surface area contributed by atoms with Crippen LogP contribution in [0.15, 0.2) is 24.3 Å². The molecule has 0 bridgehead atoms. The predicted molar refractivity (Wildman–Crippen MR) is 68.1 cm³/mol. The zero-order valence-electron chi connectivity index (χ0n) is 10.0. The first-order valence-corrected chi connectivity index (χ1v) is 5.33. The van der Waals surface area contributed by atoms with E-state index in [-0.39, 0.29) is 13.2 Å². The summed E-state index contributed by atoms with van der Waals surface area (Å²) in [5, 5.41) is 5.27. The quantitative estimate of drug-likeness (QED) is 0.591. The Hall–Kier alpha value is -2.48. The van der Waals surface area contributed by atoms with Gasteiger partial charge in [0.05, 0.1) is 12.1 Å². The van der Waals surface area contributed by atoms with E-state index in [1.807, 2.05) is 0 Å². The van der Waals surface area contributed by atoms with Crippen LogP contribution in [0.3, 0.4) is 0 Å². The minimum atomic E-state index is -0.559. The number of para-hydroxylation sites is 1. The highest BCUT2D eigenvalue weighted by atomic mass is 16.5. The van der Waals surface area contributed by atoms with Crippen molar-refractivity contribution in [3.05, 3.63) is 29.8 Å². The molecule has 0 saturated carbocycles. The molecular formula is C13H14N2O3. The number of ether oxygens (including phenoxy) is 1. The molecule has 1 aromatic rings. The van der Waals surface area contributed by atoms with Gasteiger partial charge in [0.1, 0.15) is 0 Å². The Morgan fingerprint density at radius 3 is 2.78 bits per heavy atom. The van der Waals surface area contributed by atoms with Crippen LogP contribution >= 0.6 is 0 Å². The first kappa shape index (κ1) is 13.6. The van der Waals surface area contributed by atoms with Gasteiger partial charge in [-0.2, -0.15) is 0 Å². The topological polar surface area (TPSA) is 67.4 Å². The van der Waals surface area contributed by atoms with Crippen molar-refractivity contribution in [1.29, 1.82) is 0 Å². The van der Waals surface area contributed by atoms with E-state index < -0.39 is 11.9 Å². The van der Waals surface area contributed by atoms with Crippen molar-refractivity contribution < 1.29 is 14.3 Å². The average molecular weight is 246 g/mol. The van der Waals surface area contributed by atoms with Crippen LogP contribution in [0.4, 0.5) is 5.69 Å². The van der Waals surface area contributed by atoms with Crippen LogP contribution in [0.2, 0.25) is 0 Å². The third kappa shape index (κ3) is 3.83. The summed E-state index contributed by atoms with van der Waals surface area (Å²) >= 11 is 0. The molecule has 5 nitrogen and oxygen atoms in total. The first-order chi connectivity index (χ1) is 8.69. The minimum absolute atomic E-state index is 0.115. The second kappa shape index (κ2) is 6.97. The van der Waals surface area contributed by atoms with Gasteiger partial charge in [-0.05, 0) is 12.1 Å². The molecule has 0 aliphatic rings. The van der Waals surface area contributed by atoms with Gasteiger partial charge >= 0.3 is 5.97 Å². The summed E-state index contributed by atoms with van der Waals surface area (Å²) in [4.78, 5) is 22.9. The van der Waals surface area contributed by atoms with E-state index in [1.165, 1.54) is 0 Å². The fourth-order valence-corrected chi connectivity index (χ4v) is 1.29. The van der Waals surface area contributed by atoms with Crippen molar-refractivity contribution in [2.24, 2.45) is 0 Å². The molecule has 1 amide bonds. The van der Waals surface area contributed by atoms with E-state index in [2.05, 4.69) is 16.6 Å². The van der Waals surface area contributed by atoms with Crippen molar-refractivity contribution >= 4 is 17.6 Å². The van der Waals surface area contributed by atoms with Crippen LogP contribution in [0.5, 0.6) is 0 Å². The van der Waals surface area contributed by atoms with Gasteiger partial charge in [-0.15, -0.1) is 6.42 Å². The van der Waals surface area contributed by atoms with E-state index in [1.54, 1.807) is 31.3 Å². The van der Waals surface area contributed by atoms with Gasteiger partial charge in [-0.3, -0.25) is 4.79 Å². The van der Waals surface area contributed by atoms with Gasteiger partial charge in [0, 0.05) is 12.7 Å². The number of terminal acetylenes is 1. The molecule has 1 aromatic carbocycles. The second-order valence-electron chi connectivity index (χ2n) is 3.35. The van der Waals surface area contributed by atoms with Gasteiger partial charge in [0.25, 0.3) is 5.91 Å². The second-order valence-corrected chi connectivity index (χ2v) is 3.35. The molecule has 0 spiro atoms. The Bertz CT molecular complexity index is 477. The molecule has 0 atom stereocenters. The van der Waals surface area contributed by atoms with E-state index in [0.29, 0.717) is 11.3 Å². The number of hydrogen-bond donors (Lipinski definition) is 2. The third-order valence-electron chi connectivity index (χ3n) is 2.14. The standard InChI is InChI=1S/C13H14N2O3/c1-3-8-15-12(16)9-18-13(17)10-6-4-5-7-11(10)14-2/h1,4-7,14H,8-9H2,2H3,(H,15,16). The number of hydrogen-bond acceptors (Lipinski definition) is 4. The van der Waals surface area contributed by atoms with Crippen molar-refractivity contribution in [2.75, 3.05) is 25.5 Å². The molecule has 0 aliphatic carbocycles. The Balaban J connectivity index is 2.56. The molecule has 5 heteroatoms. The number of rotatable bonds is 5. The lowest BCUT2D eigenvalue weighted by Gasteiger charge is -2.08. The van der Waals surface area contributed by atoms with Crippen LogP contribution < -0.4 is 10.6 Å². The summed E-state index contributed by atoms with van der Waals surface area (Å²) in [5.74, 6) is 1.27. The molecule has 18 heavy (non-hydrogen) atoms. The lowest BCUT2D eigenvalue weighted by Crippen LogP contribution is -2.29. The largest absolute Gasteiger partial charge is 0.452 e. The number of esters is 1. The Labute approximate surface area is 106 Å². The molecule has 0 aliphatic heterocycles. The molecule has 2 N–H and O–H groups in total. The molecular weight excluding hydrogens is 232 g/mol. The zero-order chi connectivity index (χ0) is 13.4. The molecule has 1 rings (SSSR count). The van der Waals surface area contributed by atoms with Crippen molar-refractivity contribution in [3.8, 4) is 12.3 Å². The smallest absolute Gasteiger partial charge is 0.340 e. The Morgan fingerprint density at radius 2 is 2.11 bits per heavy atom.